The number of amides is 2. The maximum absolute atomic E-state index is 14.3. The van der Waals surface area contributed by atoms with E-state index in [1.165, 1.54) is 11.0 Å². The van der Waals surface area contributed by atoms with Gasteiger partial charge in [0.25, 0.3) is 0 Å². The van der Waals surface area contributed by atoms with Crippen LogP contribution in [0.2, 0.25) is 0 Å². The number of fused-ring (bicyclic) bond motifs is 1. The number of nitrogens with one attached hydrogen (secondary N) is 1. The van der Waals surface area contributed by atoms with Gasteiger partial charge in [0.05, 0.1) is 31.5 Å². The molecule has 2 aliphatic rings. The lowest BCUT2D eigenvalue weighted by Gasteiger charge is -2.37. The van der Waals surface area contributed by atoms with Crippen LogP contribution in [0.15, 0.2) is 18.2 Å². The summed E-state index contributed by atoms with van der Waals surface area (Å²) in [7, 11) is 1.90. The lowest BCUT2D eigenvalue weighted by atomic mass is 10.1. The second kappa shape index (κ2) is 7.36. The number of carbonyl (C=O) groups is 1. The van der Waals surface area contributed by atoms with Crippen LogP contribution in [0, 0.1) is 5.82 Å². The highest BCUT2D eigenvalue weighted by molar-refractivity contribution is 5.97. The molecule has 2 aliphatic heterocycles. The van der Waals surface area contributed by atoms with Gasteiger partial charge >= 0.3 is 6.03 Å². The number of carbonyl (C=O) groups excluding carboxylic acids is 1. The fraction of sp³-hybridized carbons (Fsp3) is 0.588. The number of hydrogen-bond acceptors (Lipinski definition) is 4. The number of hydrogen-bond donors (Lipinski definition) is 1. The average Bonchev–Trinajstić information content (AvgIpc) is 2.61. The smallest absolute Gasteiger partial charge is 0.322 e. The summed E-state index contributed by atoms with van der Waals surface area (Å²) in [5.74, 6) is -0.389. The van der Waals surface area contributed by atoms with Gasteiger partial charge in [0, 0.05) is 20.1 Å². The van der Waals surface area contributed by atoms with Gasteiger partial charge in [-0.05, 0) is 18.6 Å². The van der Waals surface area contributed by atoms with Crippen molar-refractivity contribution in [3.63, 3.8) is 0 Å². The third kappa shape index (κ3) is 3.32. The number of ether oxygens (including phenoxy) is 2. The van der Waals surface area contributed by atoms with Gasteiger partial charge in [0.2, 0.25) is 0 Å². The number of halogens is 1. The molecule has 2 heterocycles. The number of nitrogens with zero attached hydrogens (tertiary/aromatic N) is 2. The second-order valence-electron chi connectivity index (χ2n) is 6.13. The first-order chi connectivity index (χ1) is 11.6. The molecule has 0 aromatic heterocycles. The summed E-state index contributed by atoms with van der Waals surface area (Å²) < 4.78 is 25.4. The van der Waals surface area contributed by atoms with Crippen molar-refractivity contribution in [2.24, 2.45) is 0 Å². The second-order valence-corrected chi connectivity index (χ2v) is 6.13. The van der Waals surface area contributed by atoms with E-state index in [9.17, 15) is 9.18 Å². The van der Waals surface area contributed by atoms with Gasteiger partial charge < -0.3 is 19.7 Å². The molecule has 2 amide bonds. The largest absolute Gasteiger partial charge is 0.376 e. The molecule has 7 heteroatoms. The molecular weight excluding hydrogens is 313 g/mol. The molecule has 1 fully saturated rings. The number of anilines is 2. The summed E-state index contributed by atoms with van der Waals surface area (Å²) in [6, 6.07) is 4.41. The van der Waals surface area contributed by atoms with Crippen LogP contribution in [0.5, 0.6) is 0 Å². The van der Waals surface area contributed by atoms with Crippen LogP contribution < -0.4 is 15.1 Å². The summed E-state index contributed by atoms with van der Waals surface area (Å²) in [5.41, 5.74) is 1.06. The highest BCUT2D eigenvalue weighted by Crippen LogP contribution is 2.34. The van der Waals surface area contributed by atoms with E-state index in [1.54, 1.807) is 6.07 Å². The molecule has 0 saturated carbocycles. The first-order valence-electron chi connectivity index (χ1n) is 8.38. The Hall–Kier alpha value is -1.86. The van der Waals surface area contributed by atoms with Crippen molar-refractivity contribution >= 4 is 17.4 Å². The SMILES string of the molecule is CCC(NC(=O)N1CCN(C)c2cccc(F)c21)C1COCCO1. The van der Waals surface area contributed by atoms with Gasteiger partial charge in [-0.2, -0.15) is 0 Å². The Morgan fingerprint density at radius 3 is 2.96 bits per heavy atom. The van der Waals surface area contributed by atoms with E-state index in [0.29, 0.717) is 38.6 Å². The lowest BCUT2D eigenvalue weighted by Crippen LogP contribution is -2.54. The zero-order valence-corrected chi connectivity index (χ0v) is 14.1. The normalized spacial score (nSPS) is 22.0. The highest BCUT2D eigenvalue weighted by atomic mass is 19.1. The number of para-hydroxylation sites is 1. The van der Waals surface area contributed by atoms with Crippen LogP contribution in [0.1, 0.15) is 13.3 Å². The van der Waals surface area contributed by atoms with Gasteiger partial charge in [-0.15, -0.1) is 0 Å². The standard InChI is InChI=1S/C17H24FN3O3/c1-3-13(15-11-23-9-10-24-15)19-17(22)21-8-7-20(2)14-6-4-5-12(18)16(14)21/h4-6,13,15H,3,7-11H2,1-2H3,(H,19,22). The molecule has 2 atom stereocenters. The first kappa shape index (κ1) is 17.0. The van der Waals surface area contributed by atoms with Crippen LogP contribution in [-0.4, -0.2) is 58.1 Å². The van der Waals surface area contributed by atoms with Crippen molar-refractivity contribution in [2.75, 3.05) is 49.8 Å². The van der Waals surface area contributed by atoms with Crippen LogP contribution in [0.3, 0.4) is 0 Å². The number of benzene rings is 1. The molecule has 1 aromatic rings. The van der Waals surface area contributed by atoms with E-state index in [0.717, 1.165) is 12.1 Å². The summed E-state index contributed by atoms with van der Waals surface area (Å²) in [4.78, 5) is 16.2. The van der Waals surface area contributed by atoms with E-state index >= 15 is 0 Å². The monoisotopic (exact) mass is 337 g/mol. The Morgan fingerprint density at radius 2 is 2.25 bits per heavy atom. The quantitative estimate of drug-likeness (QED) is 0.916. The minimum absolute atomic E-state index is 0.160. The molecule has 1 N–H and O–H groups in total. The number of rotatable bonds is 3. The Kier molecular flexibility index (Phi) is 5.20. The van der Waals surface area contributed by atoms with Crippen molar-refractivity contribution in [3.8, 4) is 0 Å². The van der Waals surface area contributed by atoms with Crippen molar-refractivity contribution in [2.45, 2.75) is 25.5 Å². The van der Waals surface area contributed by atoms with E-state index in [-0.39, 0.29) is 24.0 Å². The van der Waals surface area contributed by atoms with Gasteiger partial charge in [-0.3, -0.25) is 4.90 Å². The van der Waals surface area contributed by atoms with Crippen LogP contribution in [0.4, 0.5) is 20.6 Å². The fourth-order valence-electron chi connectivity index (χ4n) is 3.20. The van der Waals surface area contributed by atoms with Crippen LogP contribution >= 0.6 is 0 Å². The first-order valence-corrected chi connectivity index (χ1v) is 8.38. The lowest BCUT2D eigenvalue weighted by molar-refractivity contribution is -0.100. The molecule has 1 aromatic carbocycles. The minimum atomic E-state index is -0.389. The van der Waals surface area contributed by atoms with Gasteiger partial charge in [0.1, 0.15) is 17.6 Å². The van der Waals surface area contributed by atoms with Crippen molar-refractivity contribution < 1.29 is 18.7 Å². The third-order valence-corrected chi connectivity index (χ3v) is 4.59. The Morgan fingerprint density at radius 1 is 1.42 bits per heavy atom. The Balaban J connectivity index is 1.77. The third-order valence-electron chi connectivity index (χ3n) is 4.59. The topological polar surface area (TPSA) is 54.0 Å². The van der Waals surface area contributed by atoms with E-state index in [2.05, 4.69) is 5.32 Å². The number of urea groups is 1. The van der Waals surface area contributed by atoms with Crippen molar-refractivity contribution in [3.05, 3.63) is 24.0 Å². The molecule has 2 unspecified atom stereocenters. The fourth-order valence-corrected chi connectivity index (χ4v) is 3.20. The van der Waals surface area contributed by atoms with Gasteiger partial charge in [-0.1, -0.05) is 13.0 Å². The average molecular weight is 337 g/mol. The maximum atomic E-state index is 14.3. The summed E-state index contributed by atoms with van der Waals surface area (Å²) in [5, 5.41) is 2.99. The van der Waals surface area contributed by atoms with Crippen LogP contribution in [0.25, 0.3) is 0 Å². The molecule has 0 bridgehead atoms. The predicted molar refractivity (Wildman–Crippen MR) is 90.2 cm³/mol. The Labute approximate surface area is 141 Å². The molecule has 132 valence electrons. The molecule has 1 saturated heterocycles. The summed E-state index contributed by atoms with van der Waals surface area (Å²) in [6.07, 6.45) is 0.553. The Bertz CT molecular complexity index is 592. The van der Waals surface area contributed by atoms with Gasteiger partial charge in [0.15, 0.2) is 0 Å². The summed E-state index contributed by atoms with van der Waals surface area (Å²) >= 11 is 0. The molecule has 0 radical (unpaired) electrons. The molecule has 3 rings (SSSR count). The molecule has 0 spiro atoms. The van der Waals surface area contributed by atoms with E-state index < -0.39 is 0 Å². The highest BCUT2D eigenvalue weighted by Gasteiger charge is 2.31. The van der Waals surface area contributed by atoms with Crippen molar-refractivity contribution in [1.82, 2.24) is 5.32 Å². The summed E-state index contributed by atoms with van der Waals surface area (Å²) in [6.45, 7) is 4.66. The zero-order chi connectivity index (χ0) is 17.1. The van der Waals surface area contributed by atoms with E-state index in [1.807, 2.05) is 24.9 Å². The minimum Gasteiger partial charge on any atom is -0.376 e. The van der Waals surface area contributed by atoms with Gasteiger partial charge in [-0.25, -0.2) is 9.18 Å². The predicted octanol–water partition coefficient (Wildman–Crippen LogP) is 1.99. The van der Waals surface area contributed by atoms with E-state index in [4.69, 9.17) is 9.47 Å². The molecule has 0 aliphatic carbocycles. The molecule has 6 nitrogen and oxygen atoms in total. The number of likely N-dealkylation sites (N-methyl/N-ethyl adjacent to an activating group) is 1. The zero-order valence-electron chi connectivity index (χ0n) is 14.1. The molecular formula is C17H24FN3O3. The molecule has 24 heavy (non-hydrogen) atoms. The van der Waals surface area contributed by atoms with Crippen LogP contribution in [-0.2, 0) is 9.47 Å². The van der Waals surface area contributed by atoms with Crippen molar-refractivity contribution in [1.29, 1.82) is 0 Å². The maximum Gasteiger partial charge on any atom is 0.322 e.